The Morgan fingerprint density at radius 2 is 1.80 bits per heavy atom. The van der Waals surface area contributed by atoms with Crippen molar-refractivity contribution in [3.8, 4) is 11.8 Å². The van der Waals surface area contributed by atoms with Gasteiger partial charge >= 0.3 is 5.69 Å². The summed E-state index contributed by atoms with van der Waals surface area (Å²) in [6.07, 6.45) is 1.57. The van der Waals surface area contributed by atoms with E-state index in [2.05, 4.69) is 64.7 Å². The lowest BCUT2D eigenvalue weighted by Crippen LogP contribution is -2.35. The first-order valence-electron chi connectivity index (χ1n) is 16.7. The van der Waals surface area contributed by atoms with Crippen molar-refractivity contribution >= 4 is 32.4 Å². The van der Waals surface area contributed by atoms with E-state index >= 15 is 0 Å². The van der Waals surface area contributed by atoms with Gasteiger partial charge < -0.3 is 29.3 Å². The summed E-state index contributed by atoms with van der Waals surface area (Å²) >= 11 is 0. The molecule has 4 rings (SSSR count). The minimum Gasteiger partial charge on any atom is -0.352 e. The second-order valence-corrected chi connectivity index (χ2v) is 13.6. The van der Waals surface area contributed by atoms with Crippen LogP contribution in [0, 0.1) is 18.4 Å². The second kappa shape index (κ2) is 19.0. The lowest BCUT2D eigenvalue weighted by atomic mass is 10.1. The molecule has 0 radical (unpaired) electrons. The number of nitrogens with zero attached hydrogens (tertiary/aromatic N) is 4. The van der Waals surface area contributed by atoms with Gasteiger partial charge in [0, 0.05) is 41.4 Å². The number of carbonyl (C=O) groups is 3. The number of amides is 2. The number of ether oxygens (including phenoxy) is 1. The smallest absolute Gasteiger partial charge is 0.351 e. The molecular formula is C37H43N6O7P. The van der Waals surface area contributed by atoms with Crippen molar-refractivity contribution in [3.05, 3.63) is 105 Å². The number of aldehydes is 1. The highest BCUT2D eigenvalue weighted by atomic mass is 31.2. The SMILES string of the molecule is [C-]#[N+]CCOP(OC1CC(n2cc(C#CCNC(=O)c3ccc(C=O)cc3)c(NC(=O)c3ccccc3)nc2=O)OC1CC)N(C(C)C)C(C)C. The molecule has 13 nitrogen and oxygen atoms in total. The molecule has 1 aromatic heterocycles. The molecule has 2 amide bonds. The zero-order valence-corrected chi connectivity index (χ0v) is 30.3. The van der Waals surface area contributed by atoms with E-state index in [1.54, 1.807) is 42.5 Å². The minimum atomic E-state index is -1.55. The maximum Gasteiger partial charge on any atom is 0.351 e. The van der Waals surface area contributed by atoms with Crippen LogP contribution in [0.2, 0.25) is 0 Å². The normalized spacial score (nSPS) is 17.4. The van der Waals surface area contributed by atoms with Crippen molar-refractivity contribution in [3.63, 3.8) is 0 Å². The van der Waals surface area contributed by atoms with Crippen molar-refractivity contribution in [2.75, 3.05) is 25.0 Å². The third kappa shape index (κ3) is 10.6. The standard InChI is InChI=1S/C37H43N6O7P/c1-7-31-32(50-51(48-21-20-38-6)43(25(2)3)26(4)5)22-33(49-31)42-23-30(14-11-19-39-35(45)29-17-15-27(24-44)16-18-29)34(41-37(42)47)40-36(46)28-12-9-8-10-13-28/h8-10,12-13,15-18,23-26,31-33H,7,19-22H2,1-5H3,(H,39,45)(H,40,41,46,47). The Labute approximate surface area is 299 Å². The Balaban J connectivity index is 1.60. The van der Waals surface area contributed by atoms with Crippen molar-refractivity contribution in [2.45, 2.75) is 78.0 Å². The highest BCUT2D eigenvalue weighted by Crippen LogP contribution is 2.50. The molecule has 0 saturated carbocycles. The summed E-state index contributed by atoms with van der Waals surface area (Å²) < 4.78 is 22.6. The van der Waals surface area contributed by atoms with Gasteiger partial charge in [0.1, 0.15) is 19.1 Å². The van der Waals surface area contributed by atoms with Crippen LogP contribution in [0.1, 0.15) is 90.3 Å². The molecule has 268 valence electrons. The van der Waals surface area contributed by atoms with E-state index in [0.29, 0.717) is 35.8 Å². The lowest BCUT2D eigenvalue weighted by molar-refractivity contribution is -0.0200. The van der Waals surface area contributed by atoms with Gasteiger partial charge in [-0.2, -0.15) is 4.98 Å². The van der Waals surface area contributed by atoms with Gasteiger partial charge in [0.25, 0.3) is 20.3 Å². The first kappa shape index (κ1) is 39.0. The van der Waals surface area contributed by atoms with E-state index in [-0.39, 0.29) is 55.2 Å². The third-order valence-corrected chi connectivity index (χ3v) is 10.0. The third-order valence-electron chi connectivity index (χ3n) is 7.86. The van der Waals surface area contributed by atoms with Crippen LogP contribution < -0.4 is 16.3 Å². The Hall–Kier alpha value is -4.75. The van der Waals surface area contributed by atoms with Crippen molar-refractivity contribution < 1.29 is 28.2 Å². The summed E-state index contributed by atoms with van der Waals surface area (Å²) in [7, 11) is -1.55. The average Bonchev–Trinajstić information content (AvgIpc) is 3.53. The van der Waals surface area contributed by atoms with Crippen molar-refractivity contribution in [1.82, 2.24) is 19.5 Å². The van der Waals surface area contributed by atoms with Crippen molar-refractivity contribution in [2.24, 2.45) is 0 Å². The molecule has 2 aromatic carbocycles. The molecule has 4 unspecified atom stereocenters. The number of nitrogens with one attached hydrogen (secondary N) is 2. The molecule has 0 spiro atoms. The van der Waals surface area contributed by atoms with E-state index in [1.165, 1.54) is 22.9 Å². The molecule has 2 heterocycles. The van der Waals surface area contributed by atoms with Gasteiger partial charge in [0.2, 0.25) is 6.54 Å². The Kier molecular flexibility index (Phi) is 14.6. The fourth-order valence-corrected chi connectivity index (χ4v) is 7.21. The molecule has 1 aliphatic rings. The first-order valence-corrected chi connectivity index (χ1v) is 17.9. The Morgan fingerprint density at radius 1 is 1.12 bits per heavy atom. The number of rotatable bonds is 15. The molecule has 1 saturated heterocycles. The lowest BCUT2D eigenvalue weighted by Gasteiger charge is -2.37. The molecule has 0 aliphatic carbocycles. The number of aromatic nitrogens is 2. The quantitative estimate of drug-likeness (QED) is 0.0690. The maximum atomic E-state index is 13.5. The molecule has 51 heavy (non-hydrogen) atoms. The summed E-state index contributed by atoms with van der Waals surface area (Å²) in [6.45, 7) is 17.8. The van der Waals surface area contributed by atoms with E-state index in [4.69, 9.17) is 20.4 Å². The van der Waals surface area contributed by atoms with Crippen LogP contribution in [0.25, 0.3) is 4.85 Å². The van der Waals surface area contributed by atoms with E-state index in [0.717, 1.165) is 0 Å². The highest BCUT2D eigenvalue weighted by molar-refractivity contribution is 7.44. The maximum absolute atomic E-state index is 13.5. The predicted molar refractivity (Wildman–Crippen MR) is 194 cm³/mol. The van der Waals surface area contributed by atoms with E-state index in [9.17, 15) is 19.2 Å². The largest absolute Gasteiger partial charge is 0.352 e. The molecule has 0 bridgehead atoms. The number of benzene rings is 2. The van der Waals surface area contributed by atoms with Gasteiger partial charge in [0.05, 0.1) is 24.3 Å². The van der Waals surface area contributed by atoms with Crippen LogP contribution in [0.4, 0.5) is 5.82 Å². The summed E-state index contributed by atoms with van der Waals surface area (Å²) in [6, 6.07) is 14.9. The van der Waals surface area contributed by atoms with Gasteiger partial charge in [-0.3, -0.25) is 19.0 Å². The van der Waals surface area contributed by atoms with Crippen molar-refractivity contribution in [1.29, 1.82) is 0 Å². The number of hydrogen-bond acceptors (Lipinski definition) is 9. The predicted octanol–water partition coefficient (Wildman–Crippen LogP) is 5.45. The van der Waals surface area contributed by atoms with Gasteiger partial charge in [0.15, 0.2) is 5.82 Å². The fourth-order valence-electron chi connectivity index (χ4n) is 5.46. The van der Waals surface area contributed by atoms with Gasteiger partial charge in [-0.1, -0.05) is 49.1 Å². The zero-order valence-electron chi connectivity index (χ0n) is 29.4. The van der Waals surface area contributed by atoms with Gasteiger partial charge in [-0.25, -0.2) is 16.0 Å². The molecule has 1 aliphatic heterocycles. The second-order valence-electron chi connectivity index (χ2n) is 12.2. The molecule has 1 fully saturated rings. The molecular weight excluding hydrogens is 671 g/mol. The first-order chi connectivity index (χ1) is 24.6. The summed E-state index contributed by atoms with van der Waals surface area (Å²) in [4.78, 5) is 57.7. The summed E-state index contributed by atoms with van der Waals surface area (Å²) in [5, 5.41) is 5.40. The van der Waals surface area contributed by atoms with Gasteiger partial charge in [-0.15, -0.1) is 0 Å². The van der Waals surface area contributed by atoms with Gasteiger partial charge in [-0.05, 0) is 58.4 Å². The number of anilines is 1. The topological polar surface area (TPSA) is 145 Å². The zero-order chi connectivity index (χ0) is 36.9. The van der Waals surface area contributed by atoms with Crippen LogP contribution >= 0.6 is 8.53 Å². The Morgan fingerprint density at radius 3 is 2.43 bits per heavy atom. The summed E-state index contributed by atoms with van der Waals surface area (Å²) in [5.41, 5.74) is 0.761. The van der Waals surface area contributed by atoms with Crippen LogP contribution in [-0.2, 0) is 13.8 Å². The molecule has 14 heteroatoms. The molecule has 3 aromatic rings. The van der Waals surface area contributed by atoms with E-state index in [1.807, 2.05) is 6.92 Å². The Bertz CT molecular complexity index is 1810. The number of carbonyl (C=O) groups excluding carboxylic acids is 3. The molecule has 2 N–H and O–H groups in total. The number of hydrogen-bond donors (Lipinski definition) is 2. The minimum absolute atomic E-state index is 0.0348. The van der Waals surface area contributed by atoms with Crippen LogP contribution in [0.15, 0.2) is 65.6 Å². The van der Waals surface area contributed by atoms with Crippen LogP contribution in [-0.4, -0.2) is 76.3 Å². The fraction of sp³-hybridized carbons (Fsp3) is 0.405. The summed E-state index contributed by atoms with van der Waals surface area (Å²) in [5.74, 6) is 4.93. The van der Waals surface area contributed by atoms with Crippen LogP contribution in [0.3, 0.4) is 0 Å². The van der Waals surface area contributed by atoms with E-state index < -0.39 is 32.5 Å². The van der Waals surface area contributed by atoms with Crippen LogP contribution in [0.5, 0.6) is 0 Å². The highest BCUT2D eigenvalue weighted by Gasteiger charge is 2.41. The average molecular weight is 715 g/mol. The molecule has 4 atom stereocenters. The monoisotopic (exact) mass is 714 g/mol.